The quantitative estimate of drug-likeness (QED) is 0.388. The van der Waals surface area contributed by atoms with Crippen LogP contribution in [0.2, 0.25) is 5.54 Å². The molecular formula is C9H26N2O3Si2. The Morgan fingerprint density at radius 1 is 1.19 bits per heavy atom. The molecule has 0 saturated carbocycles. The third-order valence-corrected chi connectivity index (χ3v) is 8.40. The molecule has 0 bridgehead atoms. The van der Waals surface area contributed by atoms with Crippen molar-refractivity contribution in [2.24, 2.45) is 11.5 Å². The van der Waals surface area contributed by atoms with Gasteiger partial charge in [-0.2, -0.15) is 0 Å². The van der Waals surface area contributed by atoms with E-state index in [4.69, 9.17) is 25.7 Å². The maximum atomic E-state index is 6.11. The second-order valence-electron chi connectivity index (χ2n) is 4.09. The van der Waals surface area contributed by atoms with Gasteiger partial charge in [0.15, 0.2) is 0 Å². The zero-order valence-corrected chi connectivity index (χ0v) is 14.4. The van der Waals surface area contributed by atoms with Crippen molar-refractivity contribution in [3.8, 4) is 0 Å². The third-order valence-electron chi connectivity index (χ3n) is 3.13. The van der Waals surface area contributed by atoms with E-state index in [2.05, 4.69) is 0 Å². The van der Waals surface area contributed by atoms with Crippen LogP contribution in [0.1, 0.15) is 13.3 Å². The molecule has 0 aromatic rings. The molecule has 0 heterocycles. The van der Waals surface area contributed by atoms with E-state index in [1.807, 2.05) is 6.92 Å². The van der Waals surface area contributed by atoms with E-state index in [0.29, 0.717) is 5.54 Å². The summed E-state index contributed by atoms with van der Waals surface area (Å²) in [4.78, 5) is 0. The topological polar surface area (TPSA) is 79.7 Å². The first-order valence-electron chi connectivity index (χ1n) is 5.63. The van der Waals surface area contributed by atoms with E-state index in [1.165, 1.54) is 31.1 Å². The Morgan fingerprint density at radius 2 is 1.62 bits per heavy atom. The Hall–Kier alpha value is 0.234. The summed E-state index contributed by atoms with van der Waals surface area (Å²) < 4.78 is 15.7. The molecule has 0 amide bonds. The molecular weight excluding hydrogens is 240 g/mol. The minimum atomic E-state index is -1.14. The zero-order chi connectivity index (χ0) is 12.8. The van der Waals surface area contributed by atoms with E-state index < -0.39 is 5.97 Å². The molecule has 0 saturated heterocycles. The molecule has 16 heavy (non-hydrogen) atoms. The van der Waals surface area contributed by atoms with Gasteiger partial charge in [0, 0.05) is 36.4 Å². The predicted octanol–water partition coefficient (Wildman–Crippen LogP) is -2.12. The fourth-order valence-corrected chi connectivity index (χ4v) is 6.59. The van der Waals surface area contributed by atoms with Gasteiger partial charge in [-0.25, -0.2) is 0 Å². The maximum Gasteiger partial charge on any atom is 0.298 e. The molecule has 3 atom stereocenters. The summed E-state index contributed by atoms with van der Waals surface area (Å²) in [6.45, 7) is 2.04. The summed E-state index contributed by atoms with van der Waals surface area (Å²) in [5.41, 5.74) is 12.6. The van der Waals surface area contributed by atoms with Gasteiger partial charge >= 0.3 is 0 Å². The molecule has 3 unspecified atom stereocenters. The summed E-state index contributed by atoms with van der Waals surface area (Å²) in [6, 6.07) is -0.122. The van der Waals surface area contributed by atoms with Crippen LogP contribution >= 0.6 is 0 Å². The van der Waals surface area contributed by atoms with Crippen LogP contribution in [0, 0.1) is 0 Å². The highest BCUT2D eigenvalue weighted by Gasteiger charge is 2.39. The van der Waals surface area contributed by atoms with Crippen molar-refractivity contribution >= 4 is 18.8 Å². The largest absolute Gasteiger partial charge is 0.330 e. The highest BCUT2D eigenvalue weighted by atomic mass is 29.1. The second kappa shape index (κ2) is 7.54. The van der Waals surface area contributed by atoms with E-state index >= 15 is 0 Å². The van der Waals surface area contributed by atoms with E-state index in [-0.39, 0.29) is 21.1 Å². The molecule has 98 valence electrons. The second-order valence-corrected chi connectivity index (χ2v) is 8.40. The van der Waals surface area contributed by atoms with Gasteiger partial charge in [0.1, 0.15) is 0 Å². The lowest BCUT2D eigenvalue weighted by Crippen LogP contribution is -2.54. The summed E-state index contributed by atoms with van der Waals surface area (Å²) in [5, 5.41) is 0. The molecule has 7 heteroatoms. The van der Waals surface area contributed by atoms with Crippen molar-refractivity contribution in [3.63, 3.8) is 0 Å². The molecule has 0 aliphatic heterocycles. The molecule has 4 N–H and O–H groups in total. The van der Waals surface area contributed by atoms with Crippen LogP contribution in [-0.4, -0.2) is 58.2 Å². The lowest BCUT2D eigenvalue weighted by molar-refractivity contribution is -0.362. The first kappa shape index (κ1) is 16.2. The Morgan fingerprint density at radius 3 is 1.88 bits per heavy atom. The van der Waals surface area contributed by atoms with Crippen LogP contribution in [0.25, 0.3) is 0 Å². The van der Waals surface area contributed by atoms with E-state index in [9.17, 15) is 0 Å². The van der Waals surface area contributed by atoms with Gasteiger partial charge in [-0.15, -0.1) is 0 Å². The van der Waals surface area contributed by atoms with Gasteiger partial charge in [0.25, 0.3) is 5.97 Å². The molecule has 0 aromatic heterocycles. The lowest BCUT2D eigenvalue weighted by atomic mass is 10.1. The van der Waals surface area contributed by atoms with Gasteiger partial charge in [-0.1, -0.05) is 6.92 Å². The minimum Gasteiger partial charge on any atom is -0.330 e. The molecule has 0 radical (unpaired) electrons. The first-order chi connectivity index (χ1) is 7.47. The van der Waals surface area contributed by atoms with Crippen molar-refractivity contribution in [1.82, 2.24) is 0 Å². The highest BCUT2D eigenvalue weighted by molar-refractivity contribution is 6.90. The number of nitrogens with two attached hydrogens (primary N) is 2. The molecule has 0 aliphatic carbocycles. The van der Waals surface area contributed by atoms with Gasteiger partial charge in [-0.3, -0.25) is 0 Å². The molecule has 0 rings (SSSR count). The SMILES string of the molecule is COC(OC)(OC)C(N)CC([SiH2][SiH3])C(C)N. The predicted molar refractivity (Wildman–Crippen MR) is 72.2 cm³/mol. The Balaban J connectivity index is 4.56. The average Bonchev–Trinajstić information content (AvgIpc) is 2.28. The van der Waals surface area contributed by atoms with E-state index in [0.717, 1.165) is 6.42 Å². The van der Waals surface area contributed by atoms with Crippen molar-refractivity contribution in [1.29, 1.82) is 0 Å². The monoisotopic (exact) mass is 266 g/mol. The number of ether oxygens (including phenoxy) is 3. The van der Waals surface area contributed by atoms with Gasteiger partial charge < -0.3 is 25.7 Å². The van der Waals surface area contributed by atoms with E-state index in [1.54, 1.807) is 0 Å². The molecule has 0 aliphatic rings. The lowest BCUT2D eigenvalue weighted by Gasteiger charge is -2.36. The van der Waals surface area contributed by atoms with Crippen LogP contribution in [0.15, 0.2) is 0 Å². The maximum absolute atomic E-state index is 6.11. The van der Waals surface area contributed by atoms with Gasteiger partial charge in [-0.05, 0) is 21.7 Å². The van der Waals surface area contributed by atoms with Crippen LogP contribution in [0.4, 0.5) is 0 Å². The molecule has 0 aromatic carbocycles. The average molecular weight is 266 g/mol. The van der Waals surface area contributed by atoms with Crippen molar-refractivity contribution in [2.75, 3.05) is 21.3 Å². The number of methoxy groups -OCH3 is 3. The van der Waals surface area contributed by atoms with Crippen LogP contribution in [-0.2, 0) is 14.2 Å². The molecule has 0 spiro atoms. The smallest absolute Gasteiger partial charge is 0.298 e. The molecule has 0 fully saturated rings. The normalized spacial score (nSPS) is 19.1. The Labute approximate surface area is 103 Å². The third kappa shape index (κ3) is 3.91. The van der Waals surface area contributed by atoms with Crippen LogP contribution in [0.3, 0.4) is 0 Å². The number of hydrogen-bond acceptors (Lipinski definition) is 5. The van der Waals surface area contributed by atoms with Crippen molar-refractivity contribution < 1.29 is 14.2 Å². The Kier molecular flexibility index (Phi) is 7.65. The minimum absolute atomic E-state index is 0.0760. The first-order valence-corrected chi connectivity index (χ1v) is 12.1. The molecule has 5 nitrogen and oxygen atoms in total. The zero-order valence-electron chi connectivity index (χ0n) is 11.0. The van der Waals surface area contributed by atoms with Gasteiger partial charge in [0.2, 0.25) is 0 Å². The number of hydrogen-bond donors (Lipinski definition) is 2. The fraction of sp³-hybridized carbons (Fsp3) is 1.00. The van der Waals surface area contributed by atoms with Crippen molar-refractivity contribution in [3.05, 3.63) is 0 Å². The summed E-state index contributed by atoms with van der Waals surface area (Å²) in [6.07, 6.45) is 0.795. The highest BCUT2D eigenvalue weighted by Crippen LogP contribution is 2.24. The summed E-state index contributed by atoms with van der Waals surface area (Å²) in [7, 11) is 5.77. The fourth-order valence-electron chi connectivity index (χ4n) is 1.93. The van der Waals surface area contributed by atoms with Crippen LogP contribution < -0.4 is 11.5 Å². The summed E-state index contributed by atoms with van der Waals surface area (Å²) >= 11 is 0. The Bertz CT molecular complexity index is 183. The standard InChI is InChI=1S/C9H26N2O3Si2/c1-6(10)7(16-15)5-8(11)9(12-2,13-3)14-4/h6-8H,5,10-11,16H2,1-4,15H3. The van der Waals surface area contributed by atoms with Crippen molar-refractivity contribution in [2.45, 2.75) is 36.9 Å². The number of rotatable bonds is 8. The van der Waals surface area contributed by atoms with Crippen LogP contribution in [0.5, 0.6) is 0 Å². The van der Waals surface area contributed by atoms with Gasteiger partial charge in [0.05, 0.1) is 6.04 Å². The summed E-state index contributed by atoms with van der Waals surface area (Å²) in [5.74, 6) is -1.14.